The van der Waals surface area contributed by atoms with Crippen molar-refractivity contribution in [2.24, 2.45) is 5.92 Å². The van der Waals surface area contributed by atoms with E-state index in [1.807, 2.05) is 32.2 Å². The zero-order chi connectivity index (χ0) is 18.8. The summed E-state index contributed by atoms with van der Waals surface area (Å²) in [6, 6.07) is 10.2. The van der Waals surface area contributed by atoms with Crippen LogP contribution in [0.15, 0.2) is 36.7 Å². The molecule has 4 rings (SSSR count). The molecule has 0 aliphatic carbocycles. The van der Waals surface area contributed by atoms with Crippen molar-refractivity contribution in [2.45, 2.75) is 13.3 Å². The number of aryl methyl sites for hydroxylation is 1. The maximum absolute atomic E-state index is 12.6. The van der Waals surface area contributed by atoms with Crippen LogP contribution in [0.1, 0.15) is 11.3 Å². The number of benzene rings is 1. The van der Waals surface area contributed by atoms with E-state index in [0.29, 0.717) is 18.9 Å². The van der Waals surface area contributed by atoms with Gasteiger partial charge in [-0.3, -0.25) is 4.79 Å². The van der Waals surface area contributed by atoms with Gasteiger partial charge in [-0.05, 0) is 25.0 Å². The average Bonchev–Trinajstić information content (AvgIpc) is 3.13. The number of hydrogen-bond acceptors (Lipinski definition) is 6. The molecule has 1 aliphatic heterocycles. The zero-order valence-corrected chi connectivity index (χ0v) is 15.5. The number of anilines is 2. The third-order valence-corrected chi connectivity index (χ3v) is 4.84. The van der Waals surface area contributed by atoms with Crippen LogP contribution in [0.5, 0.6) is 0 Å². The van der Waals surface area contributed by atoms with Crippen LogP contribution in [-0.2, 0) is 11.2 Å². The lowest BCUT2D eigenvalue weighted by atomic mass is 9.92. The number of fused-ring (bicyclic) bond motifs is 2. The van der Waals surface area contributed by atoms with Crippen molar-refractivity contribution < 1.29 is 4.79 Å². The molecule has 140 valence electrons. The van der Waals surface area contributed by atoms with Crippen molar-refractivity contribution in [1.29, 1.82) is 0 Å². The average molecular weight is 365 g/mol. The predicted molar refractivity (Wildman–Crippen MR) is 104 cm³/mol. The van der Waals surface area contributed by atoms with Crippen LogP contribution in [0, 0.1) is 12.8 Å². The SMILES string of the molecule is Cc1cc(NCCNC(=O)[C@@H]2Cc3ccccc3N(C)C2)n2ncnc2n1. The number of hydrogen-bond donors (Lipinski definition) is 2. The first-order valence-corrected chi connectivity index (χ1v) is 9.10. The summed E-state index contributed by atoms with van der Waals surface area (Å²) in [7, 11) is 2.04. The highest BCUT2D eigenvalue weighted by molar-refractivity contribution is 5.81. The minimum atomic E-state index is -0.0323. The van der Waals surface area contributed by atoms with E-state index >= 15 is 0 Å². The molecule has 1 aromatic carbocycles. The van der Waals surface area contributed by atoms with Gasteiger partial charge in [0.05, 0.1) is 5.92 Å². The van der Waals surface area contributed by atoms with E-state index in [1.54, 1.807) is 4.52 Å². The van der Waals surface area contributed by atoms with Crippen molar-refractivity contribution in [3.63, 3.8) is 0 Å². The van der Waals surface area contributed by atoms with E-state index in [2.05, 4.69) is 42.7 Å². The molecule has 0 saturated heterocycles. The highest BCUT2D eigenvalue weighted by Crippen LogP contribution is 2.28. The summed E-state index contributed by atoms with van der Waals surface area (Å²) >= 11 is 0. The monoisotopic (exact) mass is 365 g/mol. The molecule has 0 unspecified atom stereocenters. The van der Waals surface area contributed by atoms with Crippen LogP contribution in [0.2, 0.25) is 0 Å². The second-order valence-electron chi connectivity index (χ2n) is 6.88. The molecule has 0 bridgehead atoms. The molecule has 0 saturated carbocycles. The van der Waals surface area contributed by atoms with E-state index in [4.69, 9.17) is 0 Å². The number of nitrogens with zero attached hydrogens (tertiary/aromatic N) is 5. The van der Waals surface area contributed by atoms with Gasteiger partial charge < -0.3 is 15.5 Å². The third kappa shape index (κ3) is 3.55. The summed E-state index contributed by atoms with van der Waals surface area (Å²) in [5.41, 5.74) is 3.31. The molecule has 3 heterocycles. The molecule has 2 aromatic heterocycles. The van der Waals surface area contributed by atoms with Gasteiger partial charge >= 0.3 is 0 Å². The summed E-state index contributed by atoms with van der Waals surface area (Å²) in [6.45, 7) is 3.79. The Labute approximate surface area is 157 Å². The van der Waals surface area contributed by atoms with Gasteiger partial charge in [0.15, 0.2) is 0 Å². The Hall–Kier alpha value is -3.16. The van der Waals surface area contributed by atoms with Gasteiger partial charge in [-0.2, -0.15) is 14.6 Å². The Morgan fingerprint density at radius 1 is 1.30 bits per heavy atom. The quantitative estimate of drug-likeness (QED) is 0.662. The van der Waals surface area contributed by atoms with Crippen molar-refractivity contribution in [1.82, 2.24) is 24.9 Å². The Balaban J connectivity index is 1.32. The molecule has 0 spiro atoms. The minimum Gasteiger partial charge on any atom is -0.374 e. The van der Waals surface area contributed by atoms with Gasteiger partial charge in [0.25, 0.3) is 5.78 Å². The number of carbonyl (C=O) groups is 1. The molecule has 0 radical (unpaired) electrons. The lowest BCUT2D eigenvalue weighted by molar-refractivity contribution is -0.124. The summed E-state index contributed by atoms with van der Waals surface area (Å²) in [6.07, 6.45) is 2.26. The summed E-state index contributed by atoms with van der Waals surface area (Å²) in [5.74, 6) is 1.44. The van der Waals surface area contributed by atoms with Crippen molar-refractivity contribution in [3.05, 3.63) is 47.9 Å². The summed E-state index contributed by atoms with van der Waals surface area (Å²) in [4.78, 5) is 23.2. The first-order valence-electron chi connectivity index (χ1n) is 9.10. The van der Waals surface area contributed by atoms with Crippen molar-refractivity contribution in [2.75, 3.05) is 36.9 Å². The van der Waals surface area contributed by atoms with Gasteiger partial charge in [-0.1, -0.05) is 18.2 Å². The van der Waals surface area contributed by atoms with Crippen LogP contribution in [0.25, 0.3) is 5.78 Å². The molecule has 27 heavy (non-hydrogen) atoms. The Kier molecular flexibility index (Phi) is 4.62. The predicted octanol–water partition coefficient (Wildman–Crippen LogP) is 1.27. The summed E-state index contributed by atoms with van der Waals surface area (Å²) < 4.78 is 1.65. The van der Waals surface area contributed by atoms with Crippen LogP contribution >= 0.6 is 0 Å². The fourth-order valence-electron chi connectivity index (χ4n) is 3.57. The second-order valence-corrected chi connectivity index (χ2v) is 6.88. The molecule has 0 fully saturated rings. The lowest BCUT2D eigenvalue weighted by Crippen LogP contribution is -2.43. The maximum Gasteiger partial charge on any atom is 0.254 e. The molecule has 1 atom stereocenters. The van der Waals surface area contributed by atoms with E-state index in [0.717, 1.165) is 24.5 Å². The largest absolute Gasteiger partial charge is 0.374 e. The maximum atomic E-state index is 12.6. The Morgan fingerprint density at radius 3 is 3.04 bits per heavy atom. The number of rotatable bonds is 5. The molecule has 8 heteroatoms. The normalized spacial score (nSPS) is 16.2. The smallest absolute Gasteiger partial charge is 0.254 e. The lowest BCUT2D eigenvalue weighted by Gasteiger charge is -2.32. The molecule has 1 aliphatic rings. The Morgan fingerprint density at radius 2 is 2.15 bits per heavy atom. The van der Waals surface area contributed by atoms with Crippen molar-refractivity contribution >= 4 is 23.2 Å². The van der Waals surface area contributed by atoms with E-state index < -0.39 is 0 Å². The van der Waals surface area contributed by atoms with Gasteiger partial charge in [0.1, 0.15) is 12.1 Å². The van der Waals surface area contributed by atoms with E-state index in [1.165, 1.54) is 17.6 Å². The fourth-order valence-corrected chi connectivity index (χ4v) is 3.57. The molecule has 3 aromatic rings. The minimum absolute atomic E-state index is 0.0323. The van der Waals surface area contributed by atoms with Gasteiger partial charge in [-0.25, -0.2) is 4.98 Å². The van der Waals surface area contributed by atoms with Crippen LogP contribution in [0.4, 0.5) is 11.5 Å². The van der Waals surface area contributed by atoms with Crippen LogP contribution < -0.4 is 15.5 Å². The topological polar surface area (TPSA) is 87.5 Å². The number of para-hydroxylation sites is 1. The molecule has 2 N–H and O–H groups in total. The number of amides is 1. The highest BCUT2D eigenvalue weighted by atomic mass is 16.1. The number of aromatic nitrogens is 4. The van der Waals surface area contributed by atoms with E-state index in [-0.39, 0.29) is 11.8 Å². The van der Waals surface area contributed by atoms with Gasteiger partial charge in [0.2, 0.25) is 5.91 Å². The number of carbonyl (C=O) groups excluding carboxylic acids is 1. The van der Waals surface area contributed by atoms with Crippen LogP contribution in [0.3, 0.4) is 0 Å². The van der Waals surface area contributed by atoms with Crippen molar-refractivity contribution in [3.8, 4) is 0 Å². The second kappa shape index (κ2) is 7.22. The van der Waals surface area contributed by atoms with Gasteiger partial charge in [0, 0.05) is 44.1 Å². The molecular formula is C19H23N7O. The Bertz CT molecular complexity index is 968. The first kappa shape index (κ1) is 17.3. The van der Waals surface area contributed by atoms with Crippen LogP contribution in [-0.4, -0.2) is 52.2 Å². The zero-order valence-electron chi connectivity index (χ0n) is 15.5. The standard InChI is InChI=1S/C19H23N7O/c1-13-9-17(26-19(24-13)22-12-23-26)20-7-8-21-18(27)15-10-14-5-3-4-6-16(14)25(2)11-15/h3-6,9,12,15,20H,7-8,10-11H2,1-2H3,(H,21,27)/t15-/m1/s1. The molecule has 1 amide bonds. The molecule has 8 nitrogen and oxygen atoms in total. The van der Waals surface area contributed by atoms with Gasteiger partial charge in [-0.15, -0.1) is 0 Å². The van der Waals surface area contributed by atoms with E-state index in [9.17, 15) is 4.79 Å². The fraction of sp³-hybridized carbons (Fsp3) is 0.368. The molecular weight excluding hydrogens is 342 g/mol. The number of nitrogens with one attached hydrogen (secondary N) is 2. The third-order valence-electron chi connectivity index (χ3n) is 4.84. The first-order chi connectivity index (χ1) is 13.1. The highest BCUT2D eigenvalue weighted by Gasteiger charge is 2.26. The summed E-state index contributed by atoms with van der Waals surface area (Å²) in [5, 5.41) is 10.5.